The van der Waals surface area contributed by atoms with Gasteiger partial charge in [0.2, 0.25) is 0 Å². The van der Waals surface area contributed by atoms with Gasteiger partial charge in [0.1, 0.15) is 6.54 Å². The highest BCUT2D eigenvalue weighted by Crippen LogP contribution is 2.19. The molecule has 0 aliphatic carbocycles. The van der Waals surface area contributed by atoms with Crippen molar-refractivity contribution in [2.24, 2.45) is 0 Å². The van der Waals surface area contributed by atoms with Crippen molar-refractivity contribution in [3.05, 3.63) is 51.1 Å². The van der Waals surface area contributed by atoms with E-state index in [0.29, 0.717) is 37.4 Å². The summed E-state index contributed by atoms with van der Waals surface area (Å²) >= 11 is 0. The number of aryl methyl sites for hydroxylation is 2. The number of carbonyl (C=O) groups is 1. The summed E-state index contributed by atoms with van der Waals surface area (Å²) in [7, 11) is 0. The molecule has 3 rings (SSSR count). The minimum atomic E-state index is -0.422. The summed E-state index contributed by atoms with van der Waals surface area (Å²) in [5, 5.41) is 21.8. The lowest BCUT2D eigenvalue weighted by Gasteiger charge is -2.21. The molecule has 0 fully saturated rings. The van der Waals surface area contributed by atoms with Gasteiger partial charge in [-0.2, -0.15) is 0 Å². The van der Waals surface area contributed by atoms with E-state index in [1.165, 1.54) is 4.68 Å². The van der Waals surface area contributed by atoms with Crippen molar-refractivity contribution in [1.82, 2.24) is 30.1 Å². The van der Waals surface area contributed by atoms with Gasteiger partial charge in [-0.05, 0) is 60.9 Å². The number of ether oxygens (including phenoxy) is 1. The van der Waals surface area contributed by atoms with Crippen LogP contribution >= 0.6 is 0 Å². The van der Waals surface area contributed by atoms with E-state index >= 15 is 0 Å². The zero-order valence-electron chi connectivity index (χ0n) is 18.1. The Kier molecular flexibility index (Phi) is 7.48. The quantitative estimate of drug-likeness (QED) is 0.460. The average molecular weight is 428 g/mol. The van der Waals surface area contributed by atoms with Crippen LogP contribution in [-0.2, 0) is 29.2 Å². The summed E-state index contributed by atoms with van der Waals surface area (Å²) in [6.45, 7) is 7.17. The Bertz CT molecular complexity index is 1110. The average Bonchev–Trinajstić information content (AvgIpc) is 3.13. The Labute approximate surface area is 179 Å². The molecule has 0 unspecified atom stereocenters. The molecular weight excluding hydrogens is 400 g/mol. The number of nitrogens with one attached hydrogen (secondary N) is 1. The Hall–Kier alpha value is -3.11. The summed E-state index contributed by atoms with van der Waals surface area (Å²) in [5.74, 6) is 0.0599. The largest absolute Gasteiger partial charge is 0.465 e. The molecular formula is C21H28N6O4. The second-order valence-electron chi connectivity index (χ2n) is 7.51. The molecule has 0 saturated heterocycles. The van der Waals surface area contributed by atoms with E-state index in [4.69, 9.17) is 4.74 Å². The Morgan fingerprint density at radius 1 is 1.26 bits per heavy atom. The molecule has 10 heteroatoms. The SMILES string of the molecule is CCOC(=O)Cn1nnnc1CN(CCCO)Cc1cc2c(C)cc(C)cc2[nH]c1=O. The molecule has 0 aliphatic heterocycles. The molecule has 2 N–H and O–H groups in total. The van der Waals surface area contributed by atoms with Gasteiger partial charge >= 0.3 is 5.97 Å². The molecule has 0 atom stereocenters. The van der Waals surface area contributed by atoms with Crippen LogP contribution in [0.1, 0.15) is 35.9 Å². The van der Waals surface area contributed by atoms with Crippen LogP contribution in [-0.4, -0.2) is 60.9 Å². The lowest BCUT2D eigenvalue weighted by Crippen LogP contribution is -2.30. The molecule has 2 aromatic heterocycles. The van der Waals surface area contributed by atoms with E-state index < -0.39 is 5.97 Å². The van der Waals surface area contributed by atoms with Crippen molar-refractivity contribution in [3.8, 4) is 0 Å². The van der Waals surface area contributed by atoms with Gasteiger partial charge in [0.15, 0.2) is 5.82 Å². The molecule has 166 valence electrons. The van der Waals surface area contributed by atoms with Gasteiger partial charge in [0.05, 0.1) is 13.2 Å². The van der Waals surface area contributed by atoms with Crippen molar-refractivity contribution in [3.63, 3.8) is 0 Å². The maximum Gasteiger partial charge on any atom is 0.327 e. The van der Waals surface area contributed by atoms with Crippen LogP contribution < -0.4 is 5.56 Å². The first kappa shape index (κ1) is 22.6. The number of H-pyrrole nitrogens is 1. The van der Waals surface area contributed by atoms with Crippen molar-refractivity contribution in [2.45, 2.75) is 46.8 Å². The number of hydrogen-bond donors (Lipinski definition) is 2. The van der Waals surface area contributed by atoms with Crippen molar-refractivity contribution >= 4 is 16.9 Å². The van der Waals surface area contributed by atoms with Gasteiger partial charge in [-0.1, -0.05) is 6.07 Å². The molecule has 10 nitrogen and oxygen atoms in total. The fourth-order valence-corrected chi connectivity index (χ4v) is 3.57. The van der Waals surface area contributed by atoms with E-state index in [2.05, 4.69) is 26.6 Å². The smallest absolute Gasteiger partial charge is 0.327 e. The first-order valence-corrected chi connectivity index (χ1v) is 10.3. The number of pyridine rings is 1. The van der Waals surface area contributed by atoms with Crippen LogP contribution in [0.15, 0.2) is 23.0 Å². The summed E-state index contributed by atoms with van der Waals surface area (Å²) in [6.07, 6.45) is 0.531. The van der Waals surface area contributed by atoms with E-state index in [1.807, 2.05) is 30.9 Å². The minimum Gasteiger partial charge on any atom is -0.465 e. The number of aromatic amines is 1. The third-order valence-electron chi connectivity index (χ3n) is 4.97. The minimum absolute atomic E-state index is 0.0245. The first-order chi connectivity index (χ1) is 14.9. The second kappa shape index (κ2) is 10.3. The molecule has 0 amide bonds. The fourth-order valence-electron chi connectivity index (χ4n) is 3.57. The molecule has 0 saturated carbocycles. The second-order valence-corrected chi connectivity index (χ2v) is 7.51. The number of aliphatic hydroxyl groups excluding tert-OH is 1. The lowest BCUT2D eigenvalue weighted by atomic mass is 10.0. The number of aliphatic hydroxyl groups is 1. The van der Waals surface area contributed by atoms with Crippen LogP contribution in [0.4, 0.5) is 0 Å². The van der Waals surface area contributed by atoms with E-state index in [0.717, 1.165) is 22.0 Å². The third-order valence-corrected chi connectivity index (χ3v) is 4.97. The number of esters is 1. The van der Waals surface area contributed by atoms with Gasteiger partial charge in [-0.15, -0.1) is 5.10 Å². The van der Waals surface area contributed by atoms with Gasteiger partial charge in [-0.25, -0.2) is 4.68 Å². The molecule has 0 spiro atoms. The topological polar surface area (TPSA) is 126 Å². The summed E-state index contributed by atoms with van der Waals surface area (Å²) in [6, 6.07) is 5.95. The molecule has 2 heterocycles. The number of aromatic nitrogens is 5. The van der Waals surface area contributed by atoms with Gasteiger partial charge in [-0.3, -0.25) is 14.5 Å². The summed E-state index contributed by atoms with van der Waals surface area (Å²) in [4.78, 5) is 29.5. The summed E-state index contributed by atoms with van der Waals surface area (Å²) < 4.78 is 6.35. The molecule has 0 aliphatic rings. The number of nitrogens with zero attached hydrogens (tertiary/aromatic N) is 5. The predicted molar refractivity (Wildman–Crippen MR) is 114 cm³/mol. The Morgan fingerprint density at radius 3 is 2.81 bits per heavy atom. The fraction of sp³-hybridized carbons (Fsp3) is 0.476. The predicted octanol–water partition coefficient (Wildman–Crippen LogP) is 1.08. The first-order valence-electron chi connectivity index (χ1n) is 10.3. The standard InChI is InChI=1S/C21H28N6O4/c1-4-31-20(29)13-27-19(23-24-25-27)12-26(6-5-7-28)11-16-10-17-15(3)8-14(2)9-18(17)22-21(16)30/h8-10,28H,4-7,11-13H2,1-3H3,(H,22,30). The van der Waals surface area contributed by atoms with Crippen molar-refractivity contribution in [1.29, 1.82) is 0 Å². The van der Waals surface area contributed by atoms with E-state index in [9.17, 15) is 14.7 Å². The molecule has 0 radical (unpaired) electrons. The third kappa shape index (κ3) is 5.74. The molecule has 31 heavy (non-hydrogen) atoms. The lowest BCUT2D eigenvalue weighted by molar-refractivity contribution is -0.144. The van der Waals surface area contributed by atoms with Gasteiger partial charge in [0, 0.05) is 36.2 Å². The van der Waals surface area contributed by atoms with Gasteiger partial charge in [0.25, 0.3) is 5.56 Å². The number of benzene rings is 1. The number of rotatable bonds is 10. The van der Waals surface area contributed by atoms with Gasteiger partial charge < -0.3 is 14.8 Å². The van der Waals surface area contributed by atoms with Crippen LogP contribution in [0.5, 0.6) is 0 Å². The maximum absolute atomic E-state index is 12.7. The highest BCUT2D eigenvalue weighted by atomic mass is 16.5. The molecule has 3 aromatic rings. The monoisotopic (exact) mass is 428 g/mol. The zero-order chi connectivity index (χ0) is 22.4. The number of tetrazole rings is 1. The highest BCUT2D eigenvalue weighted by molar-refractivity contribution is 5.83. The van der Waals surface area contributed by atoms with E-state index in [-0.39, 0.29) is 25.3 Å². The van der Waals surface area contributed by atoms with E-state index in [1.54, 1.807) is 6.92 Å². The normalized spacial score (nSPS) is 11.4. The number of carbonyl (C=O) groups excluding carboxylic acids is 1. The highest BCUT2D eigenvalue weighted by Gasteiger charge is 2.17. The molecule has 0 bridgehead atoms. The Morgan fingerprint density at radius 2 is 2.06 bits per heavy atom. The van der Waals surface area contributed by atoms with Crippen LogP contribution in [0.3, 0.4) is 0 Å². The van der Waals surface area contributed by atoms with Crippen LogP contribution in [0.2, 0.25) is 0 Å². The van der Waals surface area contributed by atoms with Crippen molar-refractivity contribution in [2.75, 3.05) is 19.8 Å². The van der Waals surface area contributed by atoms with Crippen LogP contribution in [0, 0.1) is 13.8 Å². The zero-order valence-corrected chi connectivity index (χ0v) is 18.1. The molecule has 1 aromatic carbocycles. The maximum atomic E-state index is 12.7. The number of hydrogen-bond acceptors (Lipinski definition) is 8. The Balaban J connectivity index is 1.84. The summed E-state index contributed by atoms with van der Waals surface area (Å²) in [5.41, 5.74) is 3.45. The van der Waals surface area contributed by atoms with Crippen molar-refractivity contribution < 1.29 is 14.6 Å². The van der Waals surface area contributed by atoms with Crippen LogP contribution in [0.25, 0.3) is 10.9 Å². The number of fused-ring (bicyclic) bond motifs is 1.